The Bertz CT molecular complexity index is 554. The van der Waals surface area contributed by atoms with Gasteiger partial charge in [0.05, 0.1) is 13.2 Å². The number of nitrogens with one attached hydrogen (secondary N) is 1. The first-order valence-electron chi connectivity index (χ1n) is 6.91. The molecule has 0 aliphatic rings. The Kier molecular flexibility index (Phi) is 5.48. The second kappa shape index (κ2) is 7.34. The zero-order valence-corrected chi connectivity index (χ0v) is 13.0. The van der Waals surface area contributed by atoms with E-state index in [2.05, 4.69) is 5.32 Å². The molecule has 0 aliphatic carbocycles. The third-order valence-electron chi connectivity index (χ3n) is 3.50. The molecule has 0 aliphatic heterocycles. The van der Waals surface area contributed by atoms with Crippen LogP contribution in [0.1, 0.15) is 18.5 Å². The predicted molar refractivity (Wildman–Crippen MR) is 87.1 cm³/mol. The molecule has 2 rings (SSSR count). The van der Waals surface area contributed by atoms with Crippen molar-refractivity contribution in [2.45, 2.75) is 13.0 Å². The number of hydrogen-bond donors (Lipinski definition) is 2. The molecule has 0 radical (unpaired) electrons. The summed E-state index contributed by atoms with van der Waals surface area (Å²) in [6.45, 7) is 2.12. The monoisotopic (exact) mass is 305 g/mol. The van der Waals surface area contributed by atoms with Gasteiger partial charge < -0.3 is 15.2 Å². The minimum absolute atomic E-state index is 0.0145. The van der Waals surface area contributed by atoms with Gasteiger partial charge in [-0.1, -0.05) is 30.7 Å². The third kappa shape index (κ3) is 4.13. The van der Waals surface area contributed by atoms with E-state index in [-0.39, 0.29) is 18.6 Å². The van der Waals surface area contributed by atoms with Gasteiger partial charge in [-0.15, -0.1) is 0 Å². The fraction of sp³-hybridized carbons (Fsp3) is 0.294. The lowest BCUT2D eigenvalue weighted by Crippen LogP contribution is -2.21. The molecule has 2 N–H and O–H groups in total. The van der Waals surface area contributed by atoms with Crippen LogP contribution in [-0.2, 0) is 0 Å². The minimum atomic E-state index is 0.0145. The lowest BCUT2D eigenvalue weighted by molar-refractivity contribution is 0.222. The van der Waals surface area contributed by atoms with Gasteiger partial charge in [0.25, 0.3) is 0 Å². The van der Waals surface area contributed by atoms with Gasteiger partial charge in [-0.3, -0.25) is 0 Å². The normalized spacial score (nSPS) is 13.5. The van der Waals surface area contributed by atoms with Gasteiger partial charge in [-0.2, -0.15) is 0 Å². The first kappa shape index (κ1) is 15.7. The summed E-state index contributed by atoms with van der Waals surface area (Å²) in [7, 11) is 1.65. The summed E-state index contributed by atoms with van der Waals surface area (Å²) in [6, 6.07) is 15.5. The quantitative estimate of drug-likeness (QED) is 0.843. The lowest BCUT2D eigenvalue weighted by atomic mass is 9.95. The second-order valence-electron chi connectivity index (χ2n) is 5.06. The zero-order chi connectivity index (χ0) is 15.2. The highest BCUT2D eigenvalue weighted by atomic mass is 35.5. The molecular weight excluding hydrogens is 286 g/mol. The van der Waals surface area contributed by atoms with Gasteiger partial charge in [0.2, 0.25) is 0 Å². The van der Waals surface area contributed by atoms with Crippen LogP contribution in [-0.4, -0.2) is 18.8 Å². The van der Waals surface area contributed by atoms with Crippen LogP contribution in [0.15, 0.2) is 48.5 Å². The Morgan fingerprint density at radius 1 is 1.10 bits per heavy atom. The van der Waals surface area contributed by atoms with Crippen molar-refractivity contribution < 1.29 is 9.84 Å². The molecule has 112 valence electrons. The lowest BCUT2D eigenvalue weighted by Gasteiger charge is -2.25. The molecule has 0 bridgehead atoms. The van der Waals surface area contributed by atoms with Gasteiger partial charge >= 0.3 is 0 Å². The molecule has 0 spiro atoms. The average molecular weight is 306 g/mol. The molecule has 0 heterocycles. The molecule has 3 nitrogen and oxygen atoms in total. The number of aliphatic hydroxyl groups excluding tert-OH is 1. The van der Waals surface area contributed by atoms with Crippen LogP contribution in [0.3, 0.4) is 0 Å². The van der Waals surface area contributed by atoms with Crippen molar-refractivity contribution in [3.05, 3.63) is 59.1 Å². The maximum atomic E-state index is 9.50. The Labute approximate surface area is 130 Å². The number of benzene rings is 2. The SMILES string of the molecule is COc1ccc(N[C@H](c2ccc(Cl)cc2)[C@H](C)CO)cc1. The van der Waals surface area contributed by atoms with E-state index in [0.717, 1.165) is 17.0 Å². The maximum Gasteiger partial charge on any atom is 0.119 e. The predicted octanol–water partition coefficient (Wildman–Crippen LogP) is 4.13. The highest BCUT2D eigenvalue weighted by Gasteiger charge is 2.18. The van der Waals surface area contributed by atoms with E-state index in [1.165, 1.54) is 0 Å². The highest BCUT2D eigenvalue weighted by Crippen LogP contribution is 2.28. The fourth-order valence-electron chi connectivity index (χ4n) is 2.20. The van der Waals surface area contributed by atoms with Gasteiger partial charge in [-0.05, 0) is 42.0 Å². The number of ether oxygens (including phenoxy) is 1. The average Bonchev–Trinajstić information content (AvgIpc) is 2.53. The van der Waals surface area contributed by atoms with Crippen LogP contribution in [0.25, 0.3) is 0 Å². The Morgan fingerprint density at radius 2 is 1.71 bits per heavy atom. The van der Waals surface area contributed by atoms with Crippen LogP contribution in [0.2, 0.25) is 5.02 Å². The molecule has 0 saturated carbocycles. The summed E-state index contributed by atoms with van der Waals surface area (Å²) < 4.78 is 5.16. The van der Waals surface area contributed by atoms with E-state index in [1.54, 1.807) is 7.11 Å². The molecule has 0 amide bonds. The first-order valence-corrected chi connectivity index (χ1v) is 7.28. The number of hydrogen-bond acceptors (Lipinski definition) is 3. The van der Waals surface area contributed by atoms with E-state index in [0.29, 0.717) is 5.02 Å². The van der Waals surface area contributed by atoms with Crippen LogP contribution in [0.4, 0.5) is 5.69 Å². The van der Waals surface area contributed by atoms with Crippen LogP contribution in [0, 0.1) is 5.92 Å². The molecule has 0 aromatic heterocycles. The molecule has 2 atom stereocenters. The van der Waals surface area contributed by atoms with Gasteiger partial charge in [-0.25, -0.2) is 0 Å². The number of aliphatic hydroxyl groups is 1. The van der Waals surface area contributed by atoms with Crippen molar-refractivity contribution in [1.82, 2.24) is 0 Å². The van der Waals surface area contributed by atoms with Crippen molar-refractivity contribution in [1.29, 1.82) is 0 Å². The van der Waals surface area contributed by atoms with Crippen molar-refractivity contribution in [2.75, 3.05) is 19.0 Å². The van der Waals surface area contributed by atoms with Gasteiger partial charge in [0.15, 0.2) is 0 Å². The number of halogens is 1. The van der Waals surface area contributed by atoms with Gasteiger partial charge in [0, 0.05) is 23.2 Å². The third-order valence-corrected chi connectivity index (χ3v) is 3.75. The van der Waals surface area contributed by atoms with E-state index >= 15 is 0 Å². The second-order valence-corrected chi connectivity index (χ2v) is 5.50. The van der Waals surface area contributed by atoms with Crippen LogP contribution >= 0.6 is 11.6 Å². The summed E-state index contributed by atoms with van der Waals surface area (Å²) in [5.74, 6) is 0.895. The van der Waals surface area contributed by atoms with E-state index in [4.69, 9.17) is 16.3 Å². The highest BCUT2D eigenvalue weighted by molar-refractivity contribution is 6.30. The van der Waals surface area contributed by atoms with Crippen LogP contribution in [0.5, 0.6) is 5.75 Å². The molecule has 0 fully saturated rings. The molecule has 0 unspecified atom stereocenters. The Hall–Kier alpha value is -1.71. The maximum absolute atomic E-state index is 9.50. The molecule has 21 heavy (non-hydrogen) atoms. The van der Waals surface area contributed by atoms with Gasteiger partial charge in [0.1, 0.15) is 5.75 Å². The van der Waals surface area contributed by atoms with E-state index < -0.39 is 0 Å². The molecule has 2 aromatic rings. The fourth-order valence-corrected chi connectivity index (χ4v) is 2.32. The smallest absolute Gasteiger partial charge is 0.119 e. The van der Waals surface area contributed by atoms with Crippen molar-refractivity contribution in [3.8, 4) is 5.75 Å². The summed E-state index contributed by atoms with van der Waals surface area (Å²) in [5.41, 5.74) is 2.08. The molecule has 4 heteroatoms. The largest absolute Gasteiger partial charge is 0.497 e. The number of rotatable bonds is 6. The molecular formula is C17H20ClNO2. The first-order chi connectivity index (χ1) is 10.1. The molecule has 0 saturated heterocycles. The summed E-state index contributed by atoms with van der Waals surface area (Å²) in [6.07, 6.45) is 0. The molecule has 2 aromatic carbocycles. The Balaban J connectivity index is 2.21. The van der Waals surface area contributed by atoms with Crippen molar-refractivity contribution >= 4 is 17.3 Å². The van der Waals surface area contributed by atoms with E-state index in [1.807, 2.05) is 55.5 Å². The standard InChI is InChI=1S/C17H20ClNO2/c1-12(11-20)17(13-3-5-14(18)6-4-13)19-15-7-9-16(21-2)10-8-15/h3-10,12,17,19-20H,11H2,1-2H3/t12-,17+/m1/s1. The number of anilines is 1. The minimum Gasteiger partial charge on any atom is -0.497 e. The topological polar surface area (TPSA) is 41.5 Å². The van der Waals surface area contributed by atoms with E-state index in [9.17, 15) is 5.11 Å². The summed E-state index contributed by atoms with van der Waals surface area (Å²) >= 11 is 5.94. The van der Waals surface area contributed by atoms with Crippen molar-refractivity contribution in [2.24, 2.45) is 5.92 Å². The van der Waals surface area contributed by atoms with Crippen molar-refractivity contribution in [3.63, 3.8) is 0 Å². The zero-order valence-electron chi connectivity index (χ0n) is 12.2. The summed E-state index contributed by atoms with van der Waals surface area (Å²) in [4.78, 5) is 0. The number of methoxy groups -OCH3 is 1. The summed E-state index contributed by atoms with van der Waals surface area (Å²) in [5, 5.41) is 13.7. The van der Waals surface area contributed by atoms with Crippen LogP contribution < -0.4 is 10.1 Å². The Morgan fingerprint density at radius 3 is 2.24 bits per heavy atom.